The predicted octanol–water partition coefficient (Wildman–Crippen LogP) is 1.57. The van der Waals surface area contributed by atoms with Gasteiger partial charge < -0.3 is 11.1 Å². The van der Waals surface area contributed by atoms with E-state index in [4.69, 9.17) is 5.73 Å². The molecule has 1 aliphatic rings. The van der Waals surface area contributed by atoms with E-state index in [0.717, 1.165) is 18.9 Å². The molecule has 1 aromatic heterocycles. The Labute approximate surface area is 99.7 Å². The number of hydrogen-bond donors (Lipinski definition) is 2. The summed E-state index contributed by atoms with van der Waals surface area (Å²) in [6.45, 7) is 3.02. The van der Waals surface area contributed by atoms with E-state index in [9.17, 15) is 0 Å². The second kappa shape index (κ2) is 3.76. The van der Waals surface area contributed by atoms with Crippen LogP contribution in [0.4, 0.5) is 11.9 Å². The van der Waals surface area contributed by atoms with Crippen molar-refractivity contribution < 1.29 is 0 Å². The summed E-state index contributed by atoms with van der Waals surface area (Å²) < 4.78 is 1.89. The van der Waals surface area contributed by atoms with Crippen molar-refractivity contribution in [2.24, 2.45) is 0 Å². The lowest BCUT2D eigenvalue weighted by molar-refractivity contribution is 0.479. The molecule has 0 saturated heterocycles. The molecule has 17 heavy (non-hydrogen) atoms. The minimum absolute atomic E-state index is 0.234. The van der Waals surface area contributed by atoms with Crippen LogP contribution in [0.15, 0.2) is 24.3 Å². The van der Waals surface area contributed by atoms with Crippen LogP contribution in [-0.4, -0.2) is 21.3 Å². The Morgan fingerprint density at radius 3 is 3.06 bits per heavy atom. The Morgan fingerprint density at radius 1 is 1.41 bits per heavy atom. The fourth-order valence-electron chi connectivity index (χ4n) is 2.37. The Hall–Kier alpha value is -2.04. The number of benzene rings is 1. The van der Waals surface area contributed by atoms with Crippen LogP contribution < -0.4 is 11.1 Å². The van der Waals surface area contributed by atoms with Gasteiger partial charge in [0.1, 0.15) is 0 Å². The van der Waals surface area contributed by atoms with Crippen LogP contribution in [0.25, 0.3) is 0 Å². The molecule has 1 atom stereocenters. The molecule has 5 nitrogen and oxygen atoms in total. The Bertz CT molecular complexity index is 546. The Balaban J connectivity index is 2.09. The van der Waals surface area contributed by atoms with E-state index < -0.39 is 0 Å². The summed E-state index contributed by atoms with van der Waals surface area (Å²) in [7, 11) is 0. The van der Waals surface area contributed by atoms with Crippen molar-refractivity contribution in [1.82, 2.24) is 14.8 Å². The van der Waals surface area contributed by atoms with Crippen molar-refractivity contribution in [2.45, 2.75) is 19.4 Å². The topological polar surface area (TPSA) is 68.8 Å². The largest absolute Gasteiger partial charge is 0.366 e. The van der Waals surface area contributed by atoms with Gasteiger partial charge in [0.15, 0.2) is 0 Å². The number of nitrogen functional groups attached to an aromatic ring is 1. The molecule has 1 unspecified atom stereocenters. The van der Waals surface area contributed by atoms with Crippen molar-refractivity contribution in [3.63, 3.8) is 0 Å². The van der Waals surface area contributed by atoms with Gasteiger partial charge in [-0.2, -0.15) is 4.98 Å². The number of anilines is 2. The number of fused-ring (bicyclic) bond motifs is 1. The van der Waals surface area contributed by atoms with Gasteiger partial charge in [-0.25, -0.2) is 4.68 Å². The second-order valence-electron chi connectivity index (χ2n) is 4.33. The monoisotopic (exact) mass is 229 g/mol. The molecule has 0 fully saturated rings. The first kappa shape index (κ1) is 10.1. The highest BCUT2D eigenvalue weighted by atomic mass is 15.4. The van der Waals surface area contributed by atoms with Crippen LogP contribution in [0, 0.1) is 6.92 Å². The molecule has 0 radical (unpaired) electrons. The van der Waals surface area contributed by atoms with Crippen molar-refractivity contribution >= 4 is 11.9 Å². The summed E-state index contributed by atoms with van der Waals surface area (Å²) >= 11 is 0. The molecule has 0 aliphatic carbocycles. The standard InChI is InChI=1S/C12H15N5/c1-8-4-2-3-5-9(8)10-6-7-14-12-15-11(13)16-17(10)12/h2-5,10H,6-7H2,1H3,(H3,13,14,15,16). The smallest absolute Gasteiger partial charge is 0.241 e. The third-order valence-electron chi connectivity index (χ3n) is 3.19. The van der Waals surface area contributed by atoms with Gasteiger partial charge in [-0.15, -0.1) is 5.10 Å². The maximum Gasteiger partial charge on any atom is 0.241 e. The number of rotatable bonds is 1. The number of nitrogens with zero attached hydrogens (tertiary/aromatic N) is 3. The van der Waals surface area contributed by atoms with Crippen molar-refractivity contribution in [2.75, 3.05) is 17.6 Å². The molecule has 5 heteroatoms. The summed E-state index contributed by atoms with van der Waals surface area (Å²) in [4.78, 5) is 4.18. The summed E-state index contributed by atoms with van der Waals surface area (Å²) in [6, 6.07) is 8.61. The maximum absolute atomic E-state index is 5.65. The molecule has 88 valence electrons. The zero-order valence-electron chi connectivity index (χ0n) is 9.72. The minimum Gasteiger partial charge on any atom is -0.366 e. The molecule has 0 bridgehead atoms. The quantitative estimate of drug-likeness (QED) is 0.779. The fourth-order valence-corrected chi connectivity index (χ4v) is 2.37. The first-order valence-corrected chi connectivity index (χ1v) is 5.77. The van der Waals surface area contributed by atoms with Gasteiger partial charge in [-0.1, -0.05) is 24.3 Å². The van der Waals surface area contributed by atoms with Crippen LogP contribution in [0.3, 0.4) is 0 Å². The minimum atomic E-state index is 0.234. The van der Waals surface area contributed by atoms with Gasteiger partial charge >= 0.3 is 0 Å². The van der Waals surface area contributed by atoms with Crippen LogP contribution in [0.5, 0.6) is 0 Å². The molecule has 2 aromatic rings. The molecular formula is C12H15N5. The highest BCUT2D eigenvalue weighted by Gasteiger charge is 2.24. The molecule has 3 N–H and O–H groups in total. The first-order chi connectivity index (χ1) is 8.25. The zero-order chi connectivity index (χ0) is 11.8. The zero-order valence-corrected chi connectivity index (χ0v) is 9.72. The van der Waals surface area contributed by atoms with Crippen molar-refractivity contribution in [3.05, 3.63) is 35.4 Å². The molecule has 2 heterocycles. The summed E-state index contributed by atoms with van der Waals surface area (Å²) in [5.74, 6) is 1.09. The number of aromatic nitrogens is 3. The Morgan fingerprint density at radius 2 is 2.24 bits per heavy atom. The first-order valence-electron chi connectivity index (χ1n) is 5.77. The van der Waals surface area contributed by atoms with Crippen LogP contribution in [0.1, 0.15) is 23.6 Å². The fraction of sp³-hybridized carbons (Fsp3) is 0.333. The molecule has 0 amide bonds. The van der Waals surface area contributed by atoms with Crippen molar-refractivity contribution in [1.29, 1.82) is 0 Å². The second-order valence-corrected chi connectivity index (χ2v) is 4.33. The third kappa shape index (κ3) is 1.63. The molecule has 0 saturated carbocycles. The summed E-state index contributed by atoms with van der Waals surface area (Å²) in [5, 5.41) is 7.48. The molecule has 3 rings (SSSR count). The van der Waals surface area contributed by atoms with E-state index in [-0.39, 0.29) is 6.04 Å². The van der Waals surface area contributed by atoms with Crippen molar-refractivity contribution in [3.8, 4) is 0 Å². The van der Waals surface area contributed by atoms with Gasteiger partial charge in [0.05, 0.1) is 6.04 Å². The highest BCUT2D eigenvalue weighted by molar-refractivity contribution is 5.38. The maximum atomic E-state index is 5.65. The van der Waals surface area contributed by atoms with E-state index >= 15 is 0 Å². The van der Waals surface area contributed by atoms with Gasteiger partial charge in [0, 0.05) is 6.54 Å². The number of hydrogen-bond acceptors (Lipinski definition) is 4. The number of nitrogens with one attached hydrogen (secondary N) is 1. The van der Waals surface area contributed by atoms with E-state index in [2.05, 4.69) is 46.6 Å². The van der Waals surface area contributed by atoms with E-state index in [1.54, 1.807) is 0 Å². The molecule has 1 aliphatic heterocycles. The average Bonchev–Trinajstić information content (AvgIpc) is 2.70. The normalized spacial score (nSPS) is 18.5. The summed E-state index contributed by atoms with van der Waals surface area (Å²) in [6.07, 6.45) is 1.00. The lowest BCUT2D eigenvalue weighted by Crippen LogP contribution is -2.25. The predicted molar refractivity (Wildman–Crippen MR) is 66.9 cm³/mol. The molecular weight excluding hydrogens is 214 g/mol. The number of aryl methyl sites for hydroxylation is 1. The van der Waals surface area contributed by atoms with Gasteiger partial charge in [0.2, 0.25) is 11.9 Å². The third-order valence-corrected chi connectivity index (χ3v) is 3.19. The Kier molecular flexibility index (Phi) is 2.24. The van der Waals surface area contributed by atoms with Crippen LogP contribution in [-0.2, 0) is 0 Å². The van der Waals surface area contributed by atoms with Crippen LogP contribution >= 0.6 is 0 Å². The SMILES string of the molecule is Cc1ccccc1C1CCNc2nc(N)nn21. The molecule has 1 aromatic carbocycles. The van der Waals surface area contributed by atoms with E-state index in [0.29, 0.717) is 5.95 Å². The highest BCUT2D eigenvalue weighted by Crippen LogP contribution is 2.30. The van der Waals surface area contributed by atoms with E-state index in [1.807, 2.05) is 4.68 Å². The van der Waals surface area contributed by atoms with E-state index in [1.165, 1.54) is 11.1 Å². The van der Waals surface area contributed by atoms with Gasteiger partial charge in [0.25, 0.3) is 0 Å². The van der Waals surface area contributed by atoms with Crippen LogP contribution in [0.2, 0.25) is 0 Å². The van der Waals surface area contributed by atoms with Gasteiger partial charge in [-0.05, 0) is 24.5 Å². The van der Waals surface area contributed by atoms with Gasteiger partial charge in [-0.3, -0.25) is 0 Å². The average molecular weight is 229 g/mol. The summed E-state index contributed by atoms with van der Waals surface area (Å²) in [5.41, 5.74) is 8.22. The number of nitrogens with two attached hydrogens (primary N) is 1. The lowest BCUT2D eigenvalue weighted by Gasteiger charge is -2.25. The lowest BCUT2D eigenvalue weighted by atomic mass is 9.98. The molecule has 0 spiro atoms.